The van der Waals surface area contributed by atoms with Gasteiger partial charge in [0.25, 0.3) is 0 Å². The third-order valence-electron chi connectivity index (χ3n) is 4.24. The van der Waals surface area contributed by atoms with Crippen molar-refractivity contribution in [3.05, 3.63) is 10.1 Å². The third kappa shape index (κ3) is 2.08. The van der Waals surface area contributed by atoms with Gasteiger partial charge in [0, 0.05) is 33.0 Å². The lowest BCUT2D eigenvalue weighted by Crippen LogP contribution is -2.56. The Bertz CT molecular complexity index is 520. The van der Waals surface area contributed by atoms with Gasteiger partial charge in [-0.2, -0.15) is 0 Å². The molecule has 1 fully saturated rings. The molecule has 118 valence electrons. The molecule has 0 saturated heterocycles. The van der Waals surface area contributed by atoms with Crippen LogP contribution in [0.5, 0.6) is 0 Å². The van der Waals surface area contributed by atoms with Gasteiger partial charge in [0.2, 0.25) is 5.79 Å². The van der Waals surface area contributed by atoms with Crippen molar-refractivity contribution in [2.24, 2.45) is 5.92 Å². The number of alkyl halides is 2. The predicted octanol–water partition coefficient (Wildman–Crippen LogP) is 3.43. The number of aliphatic hydroxyl groups is 1. The Kier molecular flexibility index (Phi) is 5.13. The smallest absolute Gasteiger partial charge is 0.217 e. The summed E-state index contributed by atoms with van der Waals surface area (Å²) >= 11 is 26.1. The third-order valence-corrected chi connectivity index (χ3v) is 6.86. The highest BCUT2D eigenvalue weighted by Crippen LogP contribution is 2.72. The summed E-state index contributed by atoms with van der Waals surface area (Å²) in [5, 5.41) is 9.28. The molecule has 2 aliphatic carbocycles. The van der Waals surface area contributed by atoms with E-state index in [0.29, 0.717) is 19.3 Å². The van der Waals surface area contributed by atoms with Crippen LogP contribution in [0.25, 0.3) is 0 Å². The maximum Gasteiger partial charge on any atom is 0.217 e. The van der Waals surface area contributed by atoms with Gasteiger partial charge in [-0.05, 0) is 6.42 Å². The molecular weight excluding hydrogens is 358 g/mol. The predicted molar refractivity (Wildman–Crippen MR) is 84.9 cm³/mol. The molecule has 0 unspecified atom stereocenters. The van der Waals surface area contributed by atoms with E-state index < -0.39 is 15.5 Å². The van der Waals surface area contributed by atoms with E-state index in [4.69, 9.17) is 61.0 Å². The highest BCUT2D eigenvalue weighted by Gasteiger charge is 2.80. The number of hydrogen-bond donors (Lipinski definition) is 1. The van der Waals surface area contributed by atoms with E-state index in [2.05, 4.69) is 11.8 Å². The second kappa shape index (κ2) is 6.09. The molecule has 0 aromatic rings. The molecule has 2 rings (SSSR count). The minimum atomic E-state index is -1.33. The molecule has 1 saturated carbocycles. The lowest BCUT2D eigenvalue weighted by Gasteiger charge is -2.41. The molecule has 7 heteroatoms. The van der Waals surface area contributed by atoms with Crippen molar-refractivity contribution in [3.63, 3.8) is 0 Å². The molecule has 21 heavy (non-hydrogen) atoms. The summed E-state index contributed by atoms with van der Waals surface area (Å²) < 4.78 is 11.1. The lowest BCUT2D eigenvalue weighted by molar-refractivity contribution is -0.218. The van der Waals surface area contributed by atoms with E-state index in [1.165, 1.54) is 14.2 Å². The summed E-state index contributed by atoms with van der Waals surface area (Å²) in [6, 6.07) is 0. The highest BCUT2D eigenvalue weighted by atomic mass is 35.5. The van der Waals surface area contributed by atoms with Crippen molar-refractivity contribution in [1.82, 2.24) is 0 Å². The summed E-state index contributed by atoms with van der Waals surface area (Å²) in [7, 11) is 2.94. The van der Waals surface area contributed by atoms with Gasteiger partial charge in [0.05, 0.1) is 16.7 Å². The Balaban J connectivity index is 2.42. The average molecular weight is 374 g/mol. The van der Waals surface area contributed by atoms with Gasteiger partial charge in [-0.3, -0.25) is 0 Å². The van der Waals surface area contributed by atoms with Crippen LogP contribution in [0.1, 0.15) is 19.3 Å². The fourth-order valence-electron chi connectivity index (χ4n) is 3.32. The maximum atomic E-state index is 8.76. The zero-order chi connectivity index (χ0) is 15.9. The van der Waals surface area contributed by atoms with Crippen molar-refractivity contribution in [3.8, 4) is 11.8 Å². The fourth-order valence-corrected chi connectivity index (χ4v) is 5.40. The van der Waals surface area contributed by atoms with Crippen molar-refractivity contribution >= 4 is 46.4 Å². The molecule has 3 atom stereocenters. The van der Waals surface area contributed by atoms with Crippen LogP contribution >= 0.6 is 46.4 Å². The second-order valence-corrected chi connectivity index (χ2v) is 7.10. The molecule has 0 aromatic carbocycles. The van der Waals surface area contributed by atoms with Crippen molar-refractivity contribution in [2.45, 2.75) is 34.8 Å². The summed E-state index contributed by atoms with van der Waals surface area (Å²) in [5.41, 5.74) is 0. The summed E-state index contributed by atoms with van der Waals surface area (Å²) in [6.45, 7) is 0.0235. The first kappa shape index (κ1) is 17.7. The van der Waals surface area contributed by atoms with Crippen molar-refractivity contribution in [1.29, 1.82) is 0 Å². The Hall–Kier alpha value is 0.340. The van der Waals surface area contributed by atoms with Crippen LogP contribution in [0.2, 0.25) is 0 Å². The topological polar surface area (TPSA) is 38.7 Å². The Morgan fingerprint density at radius 2 is 1.81 bits per heavy atom. The van der Waals surface area contributed by atoms with Gasteiger partial charge in [-0.25, -0.2) is 0 Å². The number of rotatable bonds is 4. The van der Waals surface area contributed by atoms with E-state index >= 15 is 0 Å². The number of methoxy groups -OCH3 is 2. The normalized spacial score (nSPS) is 36.8. The van der Waals surface area contributed by atoms with E-state index in [9.17, 15) is 0 Å². The van der Waals surface area contributed by atoms with Crippen molar-refractivity contribution in [2.75, 3.05) is 20.8 Å². The van der Waals surface area contributed by atoms with Gasteiger partial charge in [0.1, 0.15) is 9.75 Å². The van der Waals surface area contributed by atoms with Gasteiger partial charge in [0.15, 0.2) is 0 Å². The average Bonchev–Trinajstić information content (AvgIpc) is 2.74. The molecule has 2 aliphatic rings. The summed E-state index contributed by atoms with van der Waals surface area (Å²) in [5.74, 6) is 4.35. The van der Waals surface area contributed by atoms with Gasteiger partial charge >= 0.3 is 0 Å². The van der Waals surface area contributed by atoms with Crippen LogP contribution < -0.4 is 0 Å². The molecule has 2 bridgehead atoms. The molecule has 0 amide bonds. The zero-order valence-electron chi connectivity index (χ0n) is 11.7. The van der Waals surface area contributed by atoms with Gasteiger partial charge in [-0.1, -0.05) is 23.2 Å². The summed E-state index contributed by atoms with van der Waals surface area (Å²) in [6.07, 6.45) is 1.33. The molecule has 0 heterocycles. The van der Waals surface area contributed by atoms with Crippen LogP contribution in [-0.4, -0.2) is 41.5 Å². The molecule has 1 N–H and O–H groups in total. The number of ether oxygens (including phenoxy) is 2. The molecule has 0 aliphatic heterocycles. The first-order valence-electron chi connectivity index (χ1n) is 6.46. The number of halogens is 4. The monoisotopic (exact) mass is 372 g/mol. The Labute approximate surface area is 144 Å². The minimum absolute atomic E-state index is 0.0235. The maximum absolute atomic E-state index is 8.76. The Morgan fingerprint density at radius 1 is 1.19 bits per heavy atom. The van der Waals surface area contributed by atoms with E-state index in [-0.39, 0.29) is 22.6 Å². The first-order valence-corrected chi connectivity index (χ1v) is 7.97. The molecule has 0 spiro atoms. The van der Waals surface area contributed by atoms with Crippen molar-refractivity contribution < 1.29 is 14.6 Å². The highest BCUT2D eigenvalue weighted by molar-refractivity contribution is 6.51. The zero-order valence-corrected chi connectivity index (χ0v) is 14.7. The van der Waals surface area contributed by atoms with Crippen LogP contribution in [-0.2, 0) is 9.47 Å². The standard InChI is InChI=1S/C14H16Cl4O3/c1-20-14(21-2)12(17)8-9(6-4-3-5-7-19)13(14,18)11(16)10(12)15/h9,19H,5-8H2,1-2H3/t9-,12+,13-/m1/s1. The molecule has 0 aromatic heterocycles. The SMILES string of the molecule is COC1(OC)[C@]2(Cl)C[C@@H](CC#CCCO)[C@@]1(Cl)C(Cl)=C2Cl. The number of hydrogen-bond acceptors (Lipinski definition) is 3. The van der Waals surface area contributed by atoms with Gasteiger partial charge < -0.3 is 14.6 Å². The summed E-state index contributed by atoms with van der Waals surface area (Å²) in [4.78, 5) is -2.30. The Morgan fingerprint density at radius 3 is 2.29 bits per heavy atom. The van der Waals surface area contributed by atoms with Crippen LogP contribution in [0, 0.1) is 17.8 Å². The largest absolute Gasteiger partial charge is 0.395 e. The lowest BCUT2D eigenvalue weighted by atomic mass is 9.88. The molecular formula is C14H16Cl4O3. The minimum Gasteiger partial charge on any atom is -0.395 e. The number of fused-ring (bicyclic) bond motifs is 2. The molecule has 0 radical (unpaired) electrons. The first-order chi connectivity index (χ1) is 9.85. The molecule has 3 nitrogen and oxygen atoms in total. The van der Waals surface area contributed by atoms with E-state index in [1.807, 2.05) is 0 Å². The fraction of sp³-hybridized carbons (Fsp3) is 0.714. The van der Waals surface area contributed by atoms with E-state index in [1.54, 1.807) is 0 Å². The van der Waals surface area contributed by atoms with E-state index in [0.717, 1.165) is 0 Å². The van der Waals surface area contributed by atoms with Crippen LogP contribution in [0.3, 0.4) is 0 Å². The number of aliphatic hydroxyl groups excluding tert-OH is 1. The second-order valence-electron chi connectivity index (χ2n) is 5.10. The van der Waals surface area contributed by atoms with Crippen LogP contribution in [0.4, 0.5) is 0 Å². The van der Waals surface area contributed by atoms with Crippen LogP contribution in [0.15, 0.2) is 10.1 Å². The van der Waals surface area contributed by atoms with Gasteiger partial charge in [-0.15, -0.1) is 35.0 Å². The quantitative estimate of drug-likeness (QED) is 0.466.